The van der Waals surface area contributed by atoms with E-state index < -0.39 is 11.4 Å². The SMILES string of the molecule is CC(N)C1CCCN(C(=O)c2cc(=O)[nH]c3cc(F)ccc23)C1. The third kappa shape index (κ3) is 3.12. The van der Waals surface area contributed by atoms with E-state index in [1.807, 2.05) is 6.92 Å². The quantitative estimate of drug-likeness (QED) is 0.887. The van der Waals surface area contributed by atoms with Crippen LogP contribution in [0.2, 0.25) is 0 Å². The molecule has 2 aromatic rings. The molecule has 1 fully saturated rings. The zero-order valence-electron chi connectivity index (χ0n) is 13.0. The number of nitrogens with one attached hydrogen (secondary N) is 1. The number of benzene rings is 1. The molecule has 5 nitrogen and oxygen atoms in total. The smallest absolute Gasteiger partial charge is 0.254 e. The van der Waals surface area contributed by atoms with Crippen LogP contribution in [0.1, 0.15) is 30.1 Å². The van der Waals surface area contributed by atoms with E-state index in [0.29, 0.717) is 29.6 Å². The Morgan fingerprint density at radius 2 is 2.22 bits per heavy atom. The van der Waals surface area contributed by atoms with Crippen molar-refractivity contribution in [3.63, 3.8) is 0 Å². The molecule has 1 aromatic heterocycles. The number of rotatable bonds is 2. The molecule has 3 N–H and O–H groups in total. The molecule has 2 unspecified atom stereocenters. The fourth-order valence-electron chi connectivity index (χ4n) is 3.20. The average Bonchev–Trinajstić information content (AvgIpc) is 2.53. The lowest BCUT2D eigenvalue weighted by molar-refractivity contribution is 0.0662. The fourth-order valence-corrected chi connectivity index (χ4v) is 3.20. The van der Waals surface area contributed by atoms with Gasteiger partial charge in [0.1, 0.15) is 5.82 Å². The molecule has 23 heavy (non-hydrogen) atoms. The Bertz CT molecular complexity index is 800. The number of hydrogen-bond acceptors (Lipinski definition) is 3. The van der Waals surface area contributed by atoms with Gasteiger partial charge in [-0.1, -0.05) is 0 Å². The van der Waals surface area contributed by atoms with Crippen LogP contribution in [0, 0.1) is 11.7 Å². The predicted molar refractivity (Wildman–Crippen MR) is 86.8 cm³/mol. The number of likely N-dealkylation sites (tertiary alicyclic amines) is 1. The first kappa shape index (κ1) is 15.7. The van der Waals surface area contributed by atoms with Gasteiger partial charge < -0.3 is 15.6 Å². The van der Waals surface area contributed by atoms with Crippen molar-refractivity contribution in [1.29, 1.82) is 0 Å². The van der Waals surface area contributed by atoms with Crippen molar-refractivity contribution in [2.75, 3.05) is 13.1 Å². The summed E-state index contributed by atoms with van der Waals surface area (Å²) in [6.07, 6.45) is 1.90. The van der Waals surface area contributed by atoms with Crippen molar-refractivity contribution < 1.29 is 9.18 Å². The molecule has 0 aliphatic carbocycles. The first-order chi connectivity index (χ1) is 11.0. The van der Waals surface area contributed by atoms with Gasteiger partial charge in [-0.25, -0.2) is 4.39 Å². The molecule has 0 radical (unpaired) electrons. The molecule has 1 aliphatic heterocycles. The number of carbonyl (C=O) groups excluding carboxylic acids is 1. The predicted octanol–water partition coefficient (Wildman–Crippen LogP) is 1.87. The number of nitrogens with zero attached hydrogens (tertiary/aromatic N) is 1. The van der Waals surface area contributed by atoms with Crippen molar-refractivity contribution in [3.8, 4) is 0 Å². The maximum absolute atomic E-state index is 13.4. The second kappa shape index (κ2) is 6.12. The van der Waals surface area contributed by atoms with E-state index in [1.165, 1.54) is 24.3 Å². The Morgan fingerprint density at radius 3 is 2.96 bits per heavy atom. The first-order valence-corrected chi connectivity index (χ1v) is 7.83. The van der Waals surface area contributed by atoms with Crippen LogP contribution in [0.15, 0.2) is 29.1 Å². The van der Waals surface area contributed by atoms with Crippen LogP contribution in [0.5, 0.6) is 0 Å². The molecule has 1 saturated heterocycles. The highest BCUT2D eigenvalue weighted by atomic mass is 19.1. The Hall–Kier alpha value is -2.21. The number of carbonyl (C=O) groups is 1. The van der Waals surface area contributed by atoms with Gasteiger partial charge in [0.15, 0.2) is 0 Å². The zero-order valence-corrected chi connectivity index (χ0v) is 13.0. The van der Waals surface area contributed by atoms with Gasteiger partial charge in [0, 0.05) is 30.6 Å². The Labute approximate surface area is 133 Å². The molecule has 0 spiro atoms. The monoisotopic (exact) mass is 317 g/mol. The summed E-state index contributed by atoms with van der Waals surface area (Å²) in [6.45, 7) is 3.19. The number of aromatic amines is 1. The Morgan fingerprint density at radius 1 is 1.43 bits per heavy atom. The lowest BCUT2D eigenvalue weighted by Crippen LogP contribution is -2.45. The number of halogens is 1. The maximum Gasteiger partial charge on any atom is 0.254 e. The maximum atomic E-state index is 13.4. The number of piperidine rings is 1. The highest BCUT2D eigenvalue weighted by Gasteiger charge is 2.27. The lowest BCUT2D eigenvalue weighted by atomic mass is 9.91. The summed E-state index contributed by atoms with van der Waals surface area (Å²) >= 11 is 0. The third-order valence-electron chi connectivity index (χ3n) is 4.52. The minimum absolute atomic E-state index is 0.0237. The molecule has 0 saturated carbocycles. The molecule has 6 heteroatoms. The van der Waals surface area contributed by atoms with Crippen LogP contribution in [0.3, 0.4) is 0 Å². The van der Waals surface area contributed by atoms with Gasteiger partial charge in [-0.3, -0.25) is 9.59 Å². The number of aromatic nitrogens is 1. The van der Waals surface area contributed by atoms with E-state index >= 15 is 0 Å². The van der Waals surface area contributed by atoms with Crippen molar-refractivity contribution in [2.24, 2.45) is 11.7 Å². The number of nitrogens with two attached hydrogens (primary N) is 1. The van der Waals surface area contributed by atoms with E-state index in [4.69, 9.17) is 5.73 Å². The highest BCUT2D eigenvalue weighted by Crippen LogP contribution is 2.23. The van der Waals surface area contributed by atoms with E-state index in [9.17, 15) is 14.0 Å². The topological polar surface area (TPSA) is 79.2 Å². The van der Waals surface area contributed by atoms with Gasteiger partial charge in [0.05, 0.1) is 11.1 Å². The van der Waals surface area contributed by atoms with Crippen LogP contribution in [0.4, 0.5) is 4.39 Å². The van der Waals surface area contributed by atoms with Crippen LogP contribution in [-0.4, -0.2) is 34.9 Å². The standard InChI is InChI=1S/C17H20FN3O2/c1-10(19)11-3-2-6-21(9-11)17(23)14-8-16(22)20-15-7-12(18)4-5-13(14)15/h4-5,7-8,10-11H,2-3,6,9,19H2,1H3,(H,20,22). The van der Waals surface area contributed by atoms with Crippen LogP contribution >= 0.6 is 0 Å². The molecular weight excluding hydrogens is 297 g/mol. The molecule has 1 aliphatic rings. The van der Waals surface area contributed by atoms with E-state index in [1.54, 1.807) is 4.90 Å². The van der Waals surface area contributed by atoms with E-state index in [0.717, 1.165) is 12.8 Å². The number of pyridine rings is 1. The third-order valence-corrected chi connectivity index (χ3v) is 4.52. The summed E-state index contributed by atoms with van der Waals surface area (Å²) in [5.41, 5.74) is 6.20. The van der Waals surface area contributed by atoms with Crippen molar-refractivity contribution in [2.45, 2.75) is 25.8 Å². The number of hydrogen-bond donors (Lipinski definition) is 2. The average molecular weight is 317 g/mol. The first-order valence-electron chi connectivity index (χ1n) is 7.83. The largest absolute Gasteiger partial charge is 0.338 e. The van der Waals surface area contributed by atoms with Gasteiger partial charge in [0.2, 0.25) is 5.56 Å². The van der Waals surface area contributed by atoms with E-state index in [-0.39, 0.29) is 17.9 Å². The molecule has 1 aromatic carbocycles. The minimum Gasteiger partial charge on any atom is -0.338 e. The highest BCUT2D eigenvalue weighted by molar-refractivity contribution is 6.06. The minimum atomic E-state index is -0.451. The second-order valence-corrected chi connectivity index (χ2v) is 6.25. The fraction of sp³-hybridized carbons (Fsp3) is 0.412. The summed E-state index contributed by atoms with van der Waals surface area (Å²) in [7, 11) is 0. The van der Waals surface area contributed by atoms with Gasteiger partial charge in [-0.05, 0) is 43.9 Å². The summed E-state index contributed by atoms with van der Waals surface area (Å²) in [6, 6.07) is 5.36. The lowest BCUT2D eigenvalue weighted by Gasteiger charge is -2.34. The molecule has 2 atom stereocenters. The molecule has 122 valence electrons. The summed E-state index contributed by atoms with van der Waals surface area (Å²) in [5.74, 6) is -0.385. The normalized spacial score (nSPS) is 19.8. The number of amides is 1. The van der Waals surface area contributed by atoms with Gasteiger partial charge in [-0.15, -0.1) is 0 Å². The molecular formula is C17H20FN3O2. The van der Waals surface area contributed by atoms with Crippen LogP contribution in [-0.2, 0) is 0 Å². The summed E-state index contributed by atoms with van der Waals surface area (Å²) < 4.78 is 13.4. The number of H-pyrrole nitrogens is 1. The van der Waals surface area contributed by atoms with Crippen LogP contribution in [0.25, 0.3) is 10.9 Å². The summed E-state index contributed by atoms with van der Waals surface area (Å²) in [4.78, 5) is 29.0. The second-order valence-electron chi connectivity index (χ2n) is 6.25. The van der Waals surface area contributed by atoms with E-state index in [2.05, 4.69) is 4.98 Å². The number of fused-ring (bicyclic) bond motifs is 1. The van der Waals surface area contributed by atoms with Crippen molar-refractivity contribution >= 4 is 16.8 Å². The summed E-state index contributed by atoms with van der Waals surface area (Å²) in [5, 5.41) is 0.555. The zero-order chi connectivity index (χ0) is 16.6. The van der Waals surface area contributed by atoms with Crippen LogP contribution < -0.4 is 11.3 Å². The van der Waals surface area contributed by atoms with Gasteiger partial charge >= 0.3 is 0 Å². The molecule has 1 amide bonds. The molecule has 3 rings (SSSR count). The van der Waals surface area contributed by atoms with Crippen molar-refractivity contribution in [3.05, 3.63) is 46.0 Å². The van der Waals surface area contributed by atoms with Crippen molar-refractivity contribution in [1.82, 2.24) is 9.88 Å². The Kier molecular flexibility index (Phi) is 4.17. The van der Waals surface area contributed by atoms with Gasteiger partial charge in [0.25, 0.3) is 5.91 Å². The molecule has 0 bridgehead atoms. The Balaban J connectivity index is 1.99. The van der Waals surface area contributed by atoms with Gasteiger partial charge in [-0.2, -0.15) is 0 Å². The molecule has 2 heterocycles.